The summed E-state index contributed by atoms with van der Waals surface area (Å²) in [6, 6.07) is 6.52. The molecule has 21 heavy (non-hydrogen) atoms. The Morgan fingerprint density at radius 2 is 1.86 bits per heavy atom. The maximum atomic E-state index is 12.0. The molecule has 0 amide bonds. The van der Waals surface area contributed by atoms with Crippen molar-refractivity contribution in [3.63, 3.8) is 0 Å². The van der Waals surface area contributed by atoms with Crippen LogP contribution in [0.2, 0.25) is 0 Å². The Hall–Kier alpha value is -1.44. The fourth-order valence-corrected chi connectivity index (χ4v) is 2.81. The summed E-state index contributed by atoms with van der Waals surface area (Å²) >= 11 is 0. The Kier molecular flexibility index (Phi) is 6.32. The van der Waals surface area contributed by atoms with E-state index in [1.165, 1.54) is 12.1 Å². The zero-order valence-electron chi connectivity index (χ0n) is 12.4. The van der Waals surface area contributed by atoms with Crippen molar-refractivity contribution >= 4 is 16.0 Å². The number of rotatable bonds is 7. The molecule has 1 aromatic rings. The topological polar surface area (TPSA) is 92.7 Å². The highest BCUT2D eigenvalue weighted by Crippen LogP contribution is 2.13. The van der Waals surface area contributed by atoms with Gasteiger partial charge in [0.2, 0.25) is 10.0 Å². The summed E-state index contributed by atoms with van der Waals surface area (Å²) in [5, 5.41) is 9.37. The van der Waals surface area contributed by atoms with Gasteiger partial charge in [-0.3, -0.25) is 0 Å². The molecule has 0 fully saturated rings. The summed E-state index contributed by atoms with van der Waals surface area (Å²) in [6.45, 7) is 3.74. The predicted octanol–water partition coefficient (Wildman–Crippen LogP) is 0.697. The second kappa shape index (κ2) is 7.53. The van der Waals surface area contributed by atoms with Gasteiger partial charge < -0.3 is 9.84 Å². The lowest BCUT2D eigenvalue weighted by Gasteiger charge is -2.11. The fourth-order valence-electron chi connectivity index (χ4n) is 1.77. The smallest absolute Gasteiger partial charge is 0.336 e. The minimum Gasteiger partial charge on any atom is -0.467 e. The minimum absolute atomic E-state index is 0.0899. The number of hydrogen-bond acceptors (Lipinski definition) is 5. The summed E-state index contributed by atoms with van der Waals surface area (Å²) in [7, 11) is -2.64. The highest BCUT2D eigenvalue weighted by atomic mass is 32.2. The van der Waals surface area contributed by atoms with Crippen LogP contribution in [0.15, 0.2) is 29.2 Å². The number of carbonyl (C=O) groups is 1. The van der Waals surface area contributed by atoms with E-state index in [9.17, 15) is 18.3 Å². The van der Waals surface area contributed by atoms with E-state index < -0.39 is 28.6 Å². The monoisotopic (exact) mass is 315 g/mol. The Bertz CT molecular complexity index is 566. The molecule has 1 unspecified atom stereocenters. The highest BCUT2D eigenvalue weighted by molar-refractivity contribution is 7.89. The number of aliphatic hydroxyl groups is 1. The fraction of sp³-hybridized carbons (Fsp3) is 0.500. The van der Waals surface area contributed by atoms with Crippen LogP contribution >= 0.6 is 0 Å². The molecule has 0 aromatic heterocycles. The normalized spacial score (nSPS) is 13.2. The van der Waals surface area contributed by atoms with Crippen LogP contribution in [0.5, 0.6) is 0 Å². The molecule has 0 radical (unpaired) electrons. The number of aliphatic hydroxyl groups excluding tert-OH is 1. The molecule has 1 atom stereocenters. The van der Waals surface area contributed by atoms with E-state index in [0.717, 1.165) is 19.1 Å². The van der Waals surface area contributed by atoms with Crippen molar-refractivity contribution in [3.8, 4) is 0 Å². The largest absolute Gasteiger partial charge is 0.467 e. The van der Waals surface area contributed by atoms with Crippen molar-refractivity contribution in [2.45, 2.75) is 31.3 Å². The minimum atomic E-state index is -3.76. The zero-order chi connectivity index (χ0) is 16.0. The lowest BCUT2D eigenvalue weighted by molar-refractivity contribution is -0.149. The zero-order valence-corrected chi connectivity index (χ0v) is 13.2. The van der Waals surface area contributed by atoms with Crippen molar-refractivity contribution in [1.82, 2.24) is 4.72 Å². The molecule has 6 nitrogen and oxygen atoms in total. The molecule has 0 saturated carbocycles. The van der Waals surface area contributed by atoms with Crippen LogP contribution in [-0.2, 0) is 26.0 Å². The van der Waals surface area contributed by atoms with Gasteiger partial charge in [-0.05, 0) is 30.0 Å². The van der Waals surface area contributed by atoms with Gasteiger partial charge in [0.05, 0.1) is 12.0 Å². The average Bonchev–Trinajstić information content (AvgIpc) is 2.44. The quantitative estimate of drug-likeness (QED) is 0.723. The van der Waals surface area contributed by atoms with E-state index in [4.69, 9.17) is 0 Å². The van der Waals surface area contributed by atoms with Crippen LogP contribution in [0.1, 0.15) is 19.4 Å². The second-order valence-corrected chi connectivity index (χ2v) is 6.90. The first kappa shape index (κ1) is 17.6. The third kappa shape index (κ3) is 5.45. The van der Waals surface area contributed by atoms with Gasteiger partial charge in [0, 0.05) is 6.54 Å². The number of benzene rings is 1. The molecule has 2 N–H and O–H groups in total. The van der Waals surface area contributed by atoms with Crippen molar-refractivity contribution in [3.05, 3.63) is 29.8 Å². The van der Waals surface area contributed by atoms with Gasteiger partial charge in [-0.15, -0.1) is 0 Å². The van der Waals surface area contributed by atoms with E-state index >= 15 is 0 Å². The summed E-state index contributed by atoms with van der Waals surface area (Å²) in [5.41, 5.74) is 1.05. The van der Waals surface area contributed by atoms with Crippen LogP contribution in [0.4, 0.5) is 0 Å². The summed E-state index contributed by atoms with van der Waals surface area (Å²) in [4.78, 5) is 11.1. The van der Waals surface area contributed by atoms with Crippen molar-refractivity contribution in [1.29, 1.82) is 0 Å². The van der Waals surface area contributed by atoms with Crippen LogP contribution in [-0.4, -0.2) is 39.3 Å². The van der Waals surface area contributed by atoms with E-state index in [1.54, 1.807) is 12.1 Å². The Balaban J connectivity index is 2.72. The molecular formula is C14H21NO5S. The molecule has 0 aliphatic heterocycles. The molecule has 1 rings (SSSR count). The SMILES string of the molecule is COC(=O)C(O)CNS(=O)(=O)c1ccc(CC(C)C)cc1. The molecule has 1 aromatic carbocycles. The van der Waals surface area contributed by atoms with Crippen LogP contribution in [0.25, 0.3) is 0 Å². The first-order valence-electron chi connectivity index (χ1n) is 6.60. The van der Waals surface area contributed by atoms with E-state index in [-0.39, 0.29) is 4.90 Å². The summed E-state index contributed by atoms with van der Waals surface area (Å²) in [6.07, 6.45) is -0.653. The van der Waals surface area contributed by atoms with Gasteiger partial charge in [-0.2, -0.15) is 0 Å². The van der Waals surface area contributed by atoms with Crippen molar-refractivity contribution in [2.75, 3.05) is 13.7 Å². The Labute approximate surface area is 125 Å². The molecule has 0 bridgehead atoms. The Morgan fingerprint density at radius 3 is 2.33 bits per heavy atom. The van der Waals surface area contributed by atoms with Gasteiger partial charge >= 0.3 is 5.97 Å². The molecule has 0 spiro atoms. The number of hydrogen-bond donors (Lipinski definition) is 2. The third-order valence-corrected chi connectivity index (χ3v) is 4.26. The number of methoxy groups -OCH3 is 1. The first-order valence-corrected chi connectivity index (χ1v) is 8.09. The Morgan fingerprint density at radius 1 is 1.29 bits per heavy atom. The summed E-state index contributed by atoms with van der Waals surface area (Å²) in [5.74, 6) is -0.397. The second-order valence-electron chi connectivity index (χ2n) is 5.13. The average molecular weight is 315 g/mol. The molecule has 0 heterocycles. The maximum Gasteiger partial charge on any atom is 0.336 e. The van der Waals surface area contributed by atoms with E-state index in [0.29, 0.717) is 5.92 Å². The lowest BCUT2D eigenvalue weighted by Crippen LogP contribution is -2.37. The van der Waals surface area contributed by atoms with Gasteiger partial charge in [0.1, 0.15) is 0 Å². The molecule has 7 heteroatoms. The van der Waals surface area contributed by atoms with Crippen LogP contribution in [0.3, 0.4) is 0 Å². The van der Waals surface area contributed by atoms with Crippen LogP contribution in [0, 0.1) is 5.92 Å². The molecule has 0 aliphatic carbocycles. The molecule has 0 saturated heterocycles. The third-order valence-electron chi connectivity index (χ3n) is 2.82. The number of ether oxygens (including phenoxy) is 1. The van der Waals surface area contributed by atoms with Crippen LogP contribution < -0.4 is 4.72 Å². The van der Waals surface area contributed by atoms with E-state index in [2.05, 4.69) is 23.3 Å². The summed E-state index contributed by atoms with van der Waals surface area (Å²) < 4.78 is 30.5. The van der Waals surface area contributed by atoms with Gasteiger partial charge in [0.25, 0.3) is 0 Å². The number of sulfonamides is 1. The molecule has 0 aliphatic rings. The number of carbonyl (C=O) groups excluding carboxylic acids is 1. The maximum absolute atomic E-state index is 12.0. The predicted molar refractivity (Wildman–Crippen MR) is 78.2 cm³/mol. The lowest BCUT2D eigenvalue weighted by atomic mass is 10.0. The van der Waals surface area contributed by atoms with Gasteiger partial charge in [0.15, 0.2) is 6.10 Å². The highest BCUT2D eigenvalue weighted by Gasteiger charge is 2.20. The molecular weight excluding hydrogens is 294 g/mol. The van der Waals surface area contributed by atoms with Crippen molar-refractivity contribution in [2.24, 2.45) is 5.92 Å². The number of nitrogens with one attached hydrogen (secondary N) is 1. The van der Waals surface area contributed by atoms with Gasteiger partial charge in [-0.25, -0.2) is 17.9 Å². The van der Waals surface area contributed by atoms with E-state index in [1.807, 2.05) is 0 Å². The number of esters is 1. The standard InChI is InChI=1S/C14H21NO5S/c1-10(2)8-11-4-6-12(7-5-11)21(18,19)15-9-13(16)14(17)20-3/h4-7,10,13,15-16H,8-9H2,1-3H3. The van der Waals surface area contributed by atoms with Gasteiger partial charge in [-0.1, -0.05) is 26.0 Å². The van der Waals surface area contributed by atoms with Crippen molar-refractivity contribution < 1.29 is 23.1 Å². The first-order chi connectivity index (χ1) is 9.76. The molecule has 118 valence electrons.